The Labute approximate surface area is 191 Å². The molecule has 7 nitrogen and oxygen atoms in total. The molecule has 1 N–H and O–H groups in total. The van der Waals surface area contributed by atoms with Gasteiger partial charge in [-0.2, -0.15) is 0 Å². The average molecular weight is 441 g/mol. The first-order valence-corrected chi connectivity index (χ1v) is 12.2. The SMILES string of the molecule is O=C(NCCN1CCN(C(=O)C2CCCC2)CC1)C1CC(=O)N(CCc2ccccc2)C1. The first kappa shape index (κ1) is 22.8. The largest absolute Gasteiger partial charge is 0.355 e. The Kier molecular flexibility index (Phi) is 7.79. The van der Waals surface area contributed by atoms with Crippen molar-refractivity contribution in [2.24, 2.45) is 11.8 Å². The monoisotopic (exact) mass is 440 g/mol. The minimum atomic E-state index is -0.251. The summed E-state index contributed by atoms with van der Waals surface area (Å²) in [5, 5.41) is 3.03. The molecule has 3 aliphatic rings. The molecule has 1 aromatic carbocycles. The number of benzene rings is 1. The van der Waals surface area contributed by atoms with Gasteiger partial charge in [-0.1, -0.05) is 43.2 Å². The van der Waals surface area contributed by atoms with Crippen molar-refractivity contribution >= 4 is 17.7 Å². The molecule has 1 aromatic rings. The fourth-order valence-corrected chi connectivity index (χ4v) is 5.18. The highest BCUT2D eigenvalue weighted by atomic mass is 16.2. The van der Waals surface area contributed by atoms with E-state index in [0.29, 0.717) is 32.0 Å². The number of amides is 3. The number of piperazine rings is 1. The second-order valence-corrected chi connectivity index (χ2v) is 9.42. The van der Waals surface area contributed by atoms with Crippen LogP contribution in [0.1, 0.15) is 37.7 Å². The summed E-state index contributed by atoms with van der Waals surface area (Å²) in [6.45, 7) is 5.86. The zero-order valence-corrected chi connectivity index (χ0v) is 19.0. The maximum absolute atomic E-state index is 12.6. The highest BCUT2D eigenvalue weighted by Gasteiger charge is 2.34. The third kappa shape index (κ3) is 5.88. The molecule has 2 aliphatic heterocycles. The van der Waals surface area contributed by atoms with Crippen molar-refractivity contribution < 1.29 is 14.4 Å². The third-order valence-corrected chi connectivity index (χ3v) is 7.21. The van der Waals surface area contributed by atoms with Crippen LogP contribution in [0.15, 0.2) is 30.3 Å². The highest BCUT2D eigenvalue weighted by molar-refractivity contribution is 5.89. The number of hydrogen-bond acceptors (Lipinski definition) is 4. The van der Waals surface area contributed by atoms with Crippen molar-refractivity contribution in [2.75, 3.05) is 52.4 Å². The number of nitrogens with one attached hydrogen (secondary N) is 1. The number of carbonyl (C=O) groups is 3. The average Bonchev–Trinajstić information content (AvgIpc) is 3.48. The van der Waals surface area contributed by atoms with E-state index in [1.165, 1.54) is 18.4 Å². The predicted octanol–water partition coefficient (Wildman–Crippen LogP) is 1.53. The maximum Gasteiger partial charge on any atom is 0.225 e. The van der Waals surface area contributed by atoms with Crippen LogP contribution in [0.3, 0.4) is 0 Å². The van der Waals surface area contributed by atoms with E-state index in [0.717, 1.165) is 52.0 Å². The number of rotatable bonds is 8. The molecule has 0 spiro atoms. The van der Waals surface area contributed by atoms with Crippen LogP contribution in [-0.4, -0.2) is 84.8 Å². The van der Waals surface area contributed by atoms with Gasteiger partial charge in [-0.3, -0.25) is 19.3 Å². The molecule has 1 atom stereocenters. The molecule has 0 radical (unpaired) electrons. The molecule has 7 heteroatoms. The van der Waals surface area contributed by atoms with E-state index in [1.807, 2.05) is 28.0 Å². The molecule has 1 aliphatic carbocycles. The summed E-state index contributed by atoms with van der Waals surface area (Å²) < 4.78 is 0. The smallest absolute Gasteiger partial charge is 0.225 e. The summed E-state index contributed by atoms with van der Waals surface area (Å²) in [5.74, 6) is 0.402. The van der Waals surface area contributed by atoms with Crippen molar-refractivity contribution in [1.29, 1.82) is 0 Å². The Bertz CT molecular complexity index is 786. The lowest BCUT2D eigenvalue weighted by Gasteiger charge is -2.36. The van der Waals surface area contributed by atoms with Crippen LogP contribution in [0.25, 0.3) is 0 Å². The number of nitrogens with zero attached hydrogens (tertiary/aromatic N) is 3. The molecule has 174 valence electrons. The van der Waals surface area contributed by atoms with E-state index in [1.54, 1.807) is 0 Å². The first-order chi connectivity index (χ1) is 15.6. The fourth-order valence-electron chi connectivity index (χ4n) is 5.18. The minimum Gasteiger partial charge on any atom is -0.355 e. The lowest BCUT2D eigenvalue weighted by molar-refractivity contribution is -0.137. The Morgan fingerprint density at radius 3 is 2.38 bits per heavy atom. The van der Waals surface area contributed by atoms with Crippen LogP contribution in [0, 0.1) is 11.8 Å². The van der Waals surface area contributed by atoms with E-state index in [9.17, 15) is 14.4 Å². The number of carbonyl (C=O) groups excluding carboxylic acids is 3. The van der Waals surface area contributed by atoms with Gasteiger partial charge in [0.15, 0.2) is 0 Å². The zero-order valence-electron chi connectivity index (χ0n) is 19.0. The van der Waals surface area contributed by atoms with E-state index in [2.05, 4.69) is 22.3 Å². The van der Waals surface area contributed by atoms with Gasteiger partial charge in [0.05, 0.1) is 5.92 Å². The molecule has 0 aromatic heterocycles. The summed E-state index contributed by atoms with van der Waals surface area (Å²) in [6, 6.07) is 10.1. The van der Waals surface area contributed by atoms with E-state index < -0.39 is 0 Å². The second kappa shape index (κ2) is 10.9. The Hall–Kier alpha value is -2.41. The van der Waals surface area contributed by atoms with Crippen LogP contribution in [0.2, 0.25) is 0 Å². The van der Waals surface area contributed by atoms with Crippen molar-refractivity contribution in [2.45, 2.75) is 38.5 Å². The summed E-state index contributed by atoms with van der Waals surface area (Å²) in [5.41, 5.74) is 1.21. The summed E-state index contributed by atoms with van der Waals surface area (Å²) >= 11 is 0. The lowest BCUT2D eigenvalue weighted by Crippen LogP contribution is -2.51. The van der Waals surface area contributed by atoms with Gasteiger partial charge in [0.2, 0.25) is 17.7 Å². The molecule has 3 fully saturated rings. The number of likely N-dealkylation sites (tertiary alicyclic amines) is 1. The molecule has 2 heterocycles. The van der Waals surface area contributed by atoms with Gasteiger partial charge >= 0.3 is 0 Å². The van der Waals surface area contributed by atoms with Crippen molar-refractivity contribution in [3.8, 4) is 0 Å². The standard InChI is InChI=1S/C25H36N4O3/c30-23-18-22(19-29(23)12-10-20-6-2-1-3-7-20)24(31)26-11-13-27-14-16-28(17-15-27)25(32)21-8-4-5-9-21/h1-3,6-7,21-22H,4-5,8-19H2,(H,26,31). The van der Waals surface area contributed by atoms with E-state index >= 15 is 0 Å². The van der Waals surface area contributed by atoms with Crippen LogP contribution < -0.4 is 5.32 Å². The summed E-state index contributed by atoms with van der Waals surface area (Å²) in [6.07, 6.45) is 5.61. The molecule has 2 saturated heterocycles. The van der Waals surface area contributed by atoms with Gasteiger partial charge in [-0.25, -0.2) is 0 Å². The van der Waals surface area contributed by atoms with Crippen molar-refractivity contribution in [1.82, 2.24) is 20.0 Å². The molecule has 1 unspecified atom stereocenters. The molecular weight excluding hydrogens is 404 g/mol. The quantitative estimate of drug-likeness (QED) is 0.665. The number of hydrogen-bond donors (Lipinski definition) is 1. The van der Waals surface area contributed by atoms with Gasteiger partial charge in [0.1, 0.15) is 0 Å². The zero-order chi connectivity index (χ0) is 22.3. The second-order valence-electron chi connectivity index (χ2n) is 9.42. The van der Waals surface area contributed by atoms with Crippen molar-refractivity contribution in [3.05, 3.63) is 35.9 Å². The molecule has 1 saturated carbocycles. The van der Waals surface area contributed by atoms with Crippen LogP contribution in [-0.2, 0) is 20.8 Å². The maximum atomic E-state index is 12.6. The van der Waals surface area contributed by atoms with Gasteiger partial charge in [0.25, 0.3) is 0 Å². The van der Waals surface area contributed by atoms with Crippen LogP contribution in [0.4, 0.5) is 0 Å². The Balaban J connectivity index is 1.12. The van der Waals surface area contributed by atoms with Crippen molar-refractivity contribution in [3.63, 3.8) is 0 Å². The molecule has 32 heavy (non-hydrogen) atoms. The topological polar surface area (TPSA) is 73.0 Å². The minimum absolute atomic E-state index is 0.0180. The summed E-state index contributed by atoms with van der Waals surface area (Å²) in [7, 11) is 0. The molecular formula is C25H36N4O3. The van der Waals surface area contributed by atoms with Crippen LogP contribution >= 0.6 is 0 Å². The normalized spacial score (nSPS) is 22.5. The van der Waals surface area contributed by atoms with Gasteiger partial charge in [-0.05, 0) is 24.8 Å². The fraction of sp³-hybridized carbons (Fsp3) is 0.640. The van der Waals surface area contributed by atoms with Gasteiger partial charge in [-0.15, -0.1) is 0 Å². The van der Waals surface area contributed by atoms with Crippen LogP contribution in [0.5, 0.6) is 0 Å². The first-order valence-electron chi connectivity index (χ1n) is 12.2. The van der Waals surface area contributed by atoms with Gasteiger partial charge in [0, 0.05) is 64.7 Å². The predicted molar refractivity (Wildman–Crippen MR) is 123 cm³/mol. The van der Waals surface area contributed by atoms with Gasteiger partial charge < -0.3 is 15.1 Å². The molecule has 3 amide bonds. The Morgan fingerprint density at radius 2 is 1.66 bits per heavy atom. The molecule has 4 rings (SSSR count). The third-order valence-electron chi connectivity index (χ3n) is 7.21. The molecule has 0 bridgehead atoms. The lowest BCUT2D eigenvalue weighted by atomic mass is 10.1. The summed E-state index contributed by atoms with van der Waals surface area (Å²) in [4.78, 5) is 43.6. The van der Waals surface area contributed by atoms with E-state index in [4.69, 9.17) is 0 Å². The highest BCUT2D eigenvalue weighted by Crippen LogP contribution is 2.27. The Morgan fingerprint density at radius 1 is 0.938 bits per heavy atom. The van der Waals surface area contributed by atoms with E-state index in [-0.39, 0.29) is 23.7 Å².